The Kier molecular flexibility index (Phi) is 15.2. The first-order valence-corrected chi connectivity index (χ1v) is 9.99. The third kappa shape index (κ3) is 23.3. The van der Waals surface area contributed by atoms with Crippen LogP contribution in [0.25, 0.3) is 0 Å². The van der Waals surface area contributed by atoms with E-state index in [0.29, 0.717) is 6.42 Å². The van der Waals surface area contributed by atoms with Crippen LogP contribution in [0.15, 0.2) is 0 Å². The van der Waals surface area contributed by atoms with Crippen molar-refractivity contribution in [3.05, 3.63) is 0 Å². The molecule has 0 aromatic carbocycles. The highest BCUT2D eigenvalue weighted by molar-refractivity contribution is 7.51. The van der Waals surface area contributed by atoms with Crippen LogP contribution in [0, 0.1) is 5.92 Å². The second kappa shape index (κ2) is 14.4. The number of amides is 1. The van der Waals surface area contributed by atoms with E-state index < -0.39 is 31.7 Å². The molecule has 1 unspecified atom stereocenters. The first-order valence-electron chi connectivity index (χ1n) is 8.19. The fraction of sp³-hybridized carbons (Fsp3) is 0.867. The van der Waals surface area contributed by atoms with Crippen molar-refractivity contribution < 1.29 is 34.2 Å². The summed E-state index contributed by atoms with van der Waals surface area (Å²) in [6.45, 7) is 4.51. The van der Waals surface area contributed by atoms with Crippen LogP contribution in [0.5, 0.6) is 0 Å². The molecule has 0 aliphatic carbocycles. The number of rotatable bonds is 12. The molecule has 6 N–H and O–H groups in total. The molecule has 144 valence electrons. The second-order valence-electron chi connectivity index (χ2n) is 6.21. The molecule has 0 bridgehead atoms. The molecule has 1 atom stereocenters. The fourth-order valence-corrected chi connectivity index (χ4v) is 2.48. The maximum Gasteiger partial charge on any atom is 0.328 e. The van der Waals surface area contributed by atoms with E-state index in [4.69, 9.17) is 20.0 Å². The van der Waals surface area contributed by atoms with Crippen LogP contribution >= 0.6 is 7.60 Å². The number of carboxylic acid groups (broad SMARTS) is 1. The number of primary amides is 1. The minimum atomic E-state index is -4.33. The Bertz CT molecular complexity index is 395. The normalized spacial score (nSPS) is 12.4. The number of nitrogens with two attached hydrogens (primary N) is 1. The lowest BCUT2D eigenvalue weighted by Crippen LogP contribution is -2.31. The first kappa shape index (κ1) is 25.3. The molecular formula is C15H32NO7P. The zero-order chi connectivity index (χ0) is 19.2. The summed E-state index contributed by atoms with van der Waals surface area (Å²) in [5.41, 5.74) is 4.51. The van der Waals surface area contributed by atoms with E-state index in [1.54, 1.807) is 0 Å². The molecule has 0 saturated heterocycles. The highest BCUT2D eigenvalue weighted by Crippen LogP contribution is 2.34. The SMILES string of the molecule is CC(C)CCCCCCCCC(=O)O.NC(=O)C(O)CP(=O)(O)O. The quantitative estimate of drug-likeness (QED) is 0.259. The van der Waals surface area contributed by atoms with Gasteiger partial charge in [-0.15, -0.1) is 0 Å². The monoisotopic (exact) mass is 369 g/mol. The highest BCUT2D eigenvalue weighted by Gasteiger charge is 2.23. The summed E-state index contributed by atoms with van der Waals surface area (Å²) in [7, 11) is -4.33. The molecule has 0 fully saturated rings. The van der Waals surface area contributed by atoms with Gasteiger partial charge in [-0.2, -0.15) is 0 Å². The summed E-state index contributed by atoms with van der Waals surface area (Å²) >= 11 is 0. The van der Waals surface area contributed by atoms with Crippen molar-refractivity contribution in [1.82, 2.24) is 0 Å². The number of unbranched alkanes of at least 4 members (excludes halogenated alkanes) is 5. The number of aliphatic carboxylic acids is 1. The number of carbonyl (C=O) groups excluding carboxylic acids is 1. The van der Waals surface area contributed by atoms with Crippen molar-refractivity contribution in [3.63, 3.8) is 0 Å². The van der Waals surface area contributed by atoms with Crippen LogP contribution in [0.2, 0.25) is 0 Å². The van der Waals surface area contributed by atoms with Crippen molar-refractivity contribution in [1.29, 1.82) is 0 Å². The van der Waals surface area contributed by atoms with E-state index >= 15 is 0 Å². The number of carbonyl (C=O) groups is 2. The topological polar surface area (TPSA) is 158 Å². The summed E-state index contributed by atoms with van der Waals surface area (Å²) in [6.07, 6.45) is 6.03. The molecule has 0 aromatic rings. The lowest BCUT2D eigenvalue weighted by molar-refractivity contribution is -0.137. The lowest BCUT2D eigenvalue weighted by atomic mass is 10.0. The van der Waals surface area contributed by atoms with E-state index in [1.807, 2.05) is 0 Å². The van der Waals surface area contributed by atoms with Crippen LogP contribution < -0.4 is 5.73 Å². The maximum atomic E-state index is 10.2. The van der Waals surface area contributed by atoms with E-state index in [9.17, 15) is 14.2 Å². The molecule has 0 spiro atoms. The Morgan fingerprint density at radius 1 is 1.00 bits per heavy atom. The van der Waals surface area contributed by atoms with Gasteiger partial charge in [0.05, 0.1) is 6.16 Å². The van der Waals surface area contributed by atoms with Gasteiger partial charge in [0.15, 0.2) is 0 Å². The van der Waals surface area contributed by atoms with Gasteiger partial charge >= 0.3 is 13.6 Å². The predicted octanol–water partition coefficient (Wildman–Crippen LogP) is 1.86. The van der Waals surface area contributed by atoms with Gasteiger partial charge in [-0.1, -0.05) is 52.4 Å². The molecule has 9 heteroatoms. The van der Waals surface area contributed by atoms with Gasteiger partial charge in [-0.05, 0) is 12.3 Å². The average molecular weight is 369 g/mol. The molecule has 1 amide bonds. The zero-order valence-corrected chi connectivity index (χ0v) is 15.5. The zero-order valence-electron chi connectivity index (χ0n) is 14.6. The van der Waals surface area contributed by atoms with Crippen LogP contribution in [0.4, 0.5) is 0 Å². The molecule has 0 rings (SSSR count). The van der Waals surface area contributed by atoms with Gasteiger partial charge in [0.1, 0.15) is 6.10 Å². The van der Waals surface area contributed by atoms with Crippen LogP contribution in [0.3, 0.4) is 0 Å². The molecule has 0 aliphatic rings. The molecule has 0 saturated carbocycles. The van der Waals surface area contributed by atoms with Crippen LogP contribution in [-0.2, 0) is 14.2 Å². The van der Waals surface area contributed by atoms with E-state index in [0.717, 1.165) is 18.8 Å². The molecular weight excluding hydrogens is 337 g/mol. The van der Waals surface area contributed by atoms with Gasteiger partial charge in [0.2, 0.25) is 5.91 Å². The molecule has 0 heterocycles. The largest absolute Gasteiger partial charge is 0.481 e. The number of hydrogen-bond donors (Lipinski definition) is 5. The van der Waals surface area contributed by atoms with E-state index in [2.05, 4.69) is 19.6 Å². The van der Waals surface area contributed by atoms with Crippen molar-refractivity contribution >= 4 is 19.5 Å². The number of aliphatic hydroxyl groups excluding tert-OH is 1. The summed E-state index contributed by atoms with van der Waals surface area (Å²) in [5.74, 6) is -0.977. The van der Waals surface area contributed by atoms with Gasteiger partial charge in [0, 0.05) is 6.42 Å². The highest BCUT2D eigenvalue weighted by atomic mass is 31.2. The Morgan fingerprint density at radius 3 is 1.79 bits per heavy atom. The van der Waals surface area contributed by atoms with E-state index in [-0.39, 0.29) is 0 Å². The van der Waals surface area contributed by atoms with Crippen molar-refractivity contribution in [2.24, 2.45) is 11.7 Å². The van der Waals surface area contributed by atoms with Crippen molar-refractivity contribution in [2.45, 2.75) is 71.3 Å². The van der Waals surface area contributed by atoms with Crippen molar-refractivity contribution in [2.75, 3.05) is 6.16 Å². The van der Waals surface area contributed by atoms with Crippen LogP contribution in [0.1, 0.15) is 65.2 Å². The lowest BCUT2D eigenvalue weighted by Gasteiger charge is -2.06. The number of carboxylic acids is 1. The summed E-state index contributed by atoms with van der Waals surface area (Å²) in [6, 6.07) is 0. The smallest absolute Gasteiger partial charge is 0.328 e. The minimum absolute atomic E-state index is 0.339. The summed E-state index contributed by atoms with van der Waals surface area (Å²) < 4.78 is 10.1. The Balaban J connectivity index is 0. The van der Waals surface area contributed by atoms with Gasteiger partial charge < -0.3 is 25.7 Å². The molecule has 0 aliphatic heterocycles. The first-order chi connectivity index (χ1) is 11.0. The second-order valence-corrected chi connectivity index (χ2v) is 7.91. The molecule has 8 nitrogen and oxygen atoms in total. The third-order valence-electron chi connectivity index (χ3n) is 3.16. The van der Waals surface area contributed by atoms with Crippen molar-refractivity contribution in [3.8, 4) is 0 Å². The fourth-order valence-electron chi connectivity index (χ4n) is 1.85. The van der Waals surface area contributed by atoms with Gasteiger partial charge in [-0.3, -0.25) is 14.2 Å². The summed E-state index contributed by atoms with van der Waals surface area (Å²) in [5, 5.41) is 16.9. The standard InChI is InChI=1S/C12H24O2.C3H8NO5P/c1-11(2)9-7-5-3-4-6-8-10-12(13)14;4-3(6)2(5)1-10(7,8)9/h11H,3-10H2,1-2H3,(H,13,14);2,5H,1H2,(H2,4,6)(H2,7,8,9). The Morgan fingerprint density at radius 2 is 1.46 bits per heavy atom. The third-order valence-corrected chi connectivity index (χ3v) is 3.98. The number of aliphatic hydroxyl groups is 1. The average Bonchev–Trinajstić information content (AvgIpc) is 2.39. The maximum absolute atomic E-state index is 10.2. The number of hydrogen-bond acceptors (Lipinski definition) is 4. The van der Waals surface area contributed by atoms with Crippen LogP contribution in [-0.4, -0.2) is 44.1 Å². The Hall–Kier alpha value is -0.950. The van der Waals surface area contributed by atoms with E-state index in [1.165, 1.54) is 32.1 Å². The molecule has 0 radical (unpaired) electrons. The van der Waals surface area contributed by atoms with Gasteiger partial charge in [0.25, 0.3) is 0 Å². The Labute approximate surface area is 143 Å². The summed E-state index contributed by atoms with van der Waals surface area (Å²) in [4.78, 5) is 36.6. The predicted molar refractivity (Wildman–Crippen MR) is 91.5 cm³/mol. The van der Waals surface area contributed by atoms with Gasteiger partial charge in [-0.25, -0.2) is 0 Å². The molecule has 24 heavy (non-hydrogen) atoms. The molecule has 0 aromatic heterocycles. The minimum Gasteiger partial charge on any atom is -0.481 e.